The second-order valence-corrected chi connectivity index (χ2v) is 4.39. The third-order valence-electron chi connectivity index (χ3n) is 3.03. The highest BCUT2D eigenvalue weighted by atomic mass is 15.1. The number of nitrogens with one attached hydrogen (secondary N) is 1. The van der Waals surface area contributed by atoms with Crippen LogP contribution in [0.15, 0.2) is 24.3 Å². The van der Waals surface area contributed by atoms with E-state index in [4.69, 9.17) is 5.73 Å². The summed E-state index contributed by atoms with van der Waals surface area (Å²) in [5.74, 6) is 0.759. The van der Waals surface area contributed by atoms with Crippen LogP contribution >= 0.6 is 0 Å². The van der Waals surface area contributed by atoms with Crippen molar-refractivity contribution in [3.63, 3.8) is 0 Å². The van der Waals surface area contributed by atoms with Crippen molar-refractivity contribution in [2.75, 3.05) is 37.7 Å². The van der Waals surface area contributed by atoms with Gasteiger partial charge in [0.15, 0.2) is 0 Å². The average molecular weight is 205 g/mol. The summed E-state index contributed by atoms with van der Waals surface area (Å²) in [4.78, 5) is 2.38. The van der Waals surface area contributed by atoms with Gasteiger partial charge in [-0.25, -0.2) is 0 Å². The number of likely N-dealkylation sites (tertiary alicyclic amines) is 1. The number of nitrogens with zero attached hydrogens (tertiary/aromatic N) is 1. The summed E-state index contributed by atoms with van der Waals surface area (Å²) in [5.41, 5.74) is 7.76. The van der Waals surface area contributed by atoms with Crippen molar-refractivity contribution in [2.45, 2.75) is 6.42 Å². The van der Waals surface area contributed by atoms with Crippen molar-refractivity contribution in [1.82, 2.24) is 4.90 Å². The molecule has 1 unspecified atom stereocenters. The molecule has 0 spiro atoms. The Morgan fingerprint density at radius 2 is 2.27 bits per heavy atom. The van der Waals surface area contributed by atoms with Gasteiger partial charge in [0.05, 0.1) is 11.4 Å². The van der Waals surface area contributed by atoms with Crippen molar-refractivity contribution in [3.05, 3.63) is 24.3 Å². The molecule has 1 saturated heterocycles. The van der Waals surface area contributed by atoms with E-state index in [1.54, 1.807) is 0 Å². The number of hydrogen-bond acceptors (Lipinski definition) is 3. The first kappa shape index (κ1) is 10.3. The lowest BCUT2D eigenvalue weighted by Crippen LogP contribution is -2.19. The molecule has 3 nitrogen and oxygen atoms in total. The molecule has 0 bridgehead atoms. The Morgan fingerprint density at radius 1 is 1.47 bits per heavy atom. The van der Waals surface area contributed by atoms with E-state index in [1.807, 2.05) is 24.3 Å². The van der Waals surface area contributed by atoms with Crippen LogP contribution in [0.2, 0.25) is 0 Å². The van der Waals surface area contributed by atoms with Crippen LogP contribution in [0.25, 0.3) is 0 Å². The molecular weight excluding hydrogens is 186 g/mol. The standard InChI is InChI=1S/C12H19N3/c1-15-7-6-10(9-15)8-14-12-5-3-2-4-11(12)13/h2-5,10,14H,6-9,13H2,1H3. The second kappa shape index (κ2) is 4.53. The number of anilines is 2. The van der Waals surface area contributed by atoms with E-state index in [0.717, 1.165) is 23.8 Å². The zero-order valence-electron chi connectivity index (χ0n) is 9.24. The lowest BCUT2D eigenvalue weighted by molar-refractivity contribution is 0.399. The van der Waals surface area contributed by atoms with Crippen LogP contribution in [0.4, 0.5) is 11.4 Å². The number of nitrogens with two attached hydrogens (primary N) is 1. The van der Waals surface area contributed by atoms with E-state index in [2.05, 4.69) is 17.3 Å². The average Bonchev–Trinajstić information content (AvgIpc) is 2.63. The molecule has 0 aromatic heterocycles. The number of benzene rings is 1. The molecule has 1 heterocycles. The first-order valence-corrected chi connectivity index (χ1v) is 5.52. The van der Waals surface area contributed by atoms with E-state index in [9.17, 15) is 0 Å². The molecule has 82 valence electrons. The highest BCUT2D eigenvalue weighted by molar-refractivity contribution is 5.65. The van der Waals surface area contributed by atoms with Gasteiger partial charge in [0, 0.05) is 13.1 Å². The second-order valence-electron chi connectivity index (χ2n) is 4.39. The van der Waals surface area contributed by atoms with Crippen LogP contribution in [0, 0.1) is 5.92 Å². The van der Waals surface area contributed by atoms with Gasteiger partial charge in [0.2, 0.25) is 0 Å². The third-order valence-corrected chi connectivity index (χ3v) is 3.03. The number of rotatable bonds is 3. The Kier molecular flexibility index (Phi) is 3.11. The molecule has 1 aliphatic heterocycles. The Labute approximate surface area is 91.3 Å². The lowest BCUT2D eigenvalue weighted by Gasteiger charge is -2.13. The van der Waals surface area contributed by atoms with E-state index < -0.39 is 0 Å². The van der Waals surface area contributed by atoms with Crippen molar-refractivity contribution < 1.29 is 0 Å². The SMILES string of the molecule is CN1CCC(CNc2ccccc2N)C1. The molecule has 0 radical (unpaired) electrons. The van der Waals surface area contributed by atoms with Gasteiger partial charge >= 0.3 is 0 Å². The maximum atomic E-state index is 5.86. The summed E-state index contributed by atoms with van der Waals surface area (Å²) >= 11 is 0. The highest BCUT2D eigenvalue weighted by Gasteiger charge is 2.18. The highest BCUT2D eigenvalue weighted by Crippen LogP contribution is 2.19. The van der Waals surface area contributed by atoms with Crippen LogP contribution in [0.1, 0.15) is 6.42 Å². The van der Waals surface area contributed by atoms with E-state index in [-0.39, 0.29) is 0 Å². The Morgan fingerprint density at radius 3 is 2.93 bits per heavy atom. The molecule has 0 saturated carbocycles. The molecule has 2 rings (SSSR count). The molecular formula is C12H19N3. The van der Waals surface area contributed by atoms with Crippen molar-refractivity contribution in [3.8, 4) is 0 Å². The maximum absolute atomic E-state index is 5.86. The molecule has 3 N–H and O–H groups in total. The summed E-state index contributed by atoms with van der Waals surface area (Å²) in [5, 5.41) is 3.42. The van der Waals surface area contributed by atoms with Gasteiger partial charge in [0.25, 0.3) is 0 Å². The van der Waals surface area contributed by atoms with Crippen molar-refractivity contribution in [1.29, 1.82) is 0 Å². The van der Waals surface area contributed by atoms with Crippen LogP contribution in [0.3, 0.4) is 0 Å². The van der Waals surface area contributed by atoms with Crippen molar-refractivity contribution >= 4 is 11.4 Å². The largest absolute Gasteiger partial charge is 0.397 e. The van der Waals surface area contributed by atoms with Crippen LogP contribution in [-0.4, -0.2) is 31.6 Å². The molecule has 1 aromatic rings. The summed E-state index contributed by atoms with van der Waals surface area (Å²) in [7, 11) is 2.18. The summed E-state index contributed by atoms with van der Waals surface area (Å²) < 4.78 is 0. The lowest BCUT2D eigenvalue weighted by atomic mass is 10.1. The fourth-order valence-electron chi connectivity index (χ4n) is 2.11. The molecule has 1 atom stereocenters. The molecule has 1 aromatic carbocycles. The summed E-state index contributed by atoms with van der Waals surface area (Å²) in [6.45, 7) is 3.44. The van der Waals surface area contributed by atoms with E-state index >= 15 is 0 Å². The molecule has 0 amide bonds. The van der Waals surface area contributed by atoms with Crippen LogP contribution in [0.5, 0.6) is 0 Å². The molecule has 1 fully saturated rings. The van der Waals surface area contributed by atoms with Gasteiger partial charge in [-0.2, -0.15) is 0 Å². The number of hydrogen-bond donors (Lipinski definition) is 2. The van der Waals surface area contributed by atoms with Gasteiger partial charge in [0.1, 0.15) is 0 Å². The third kappa shape index (κ3) is 2.63. The monoisotopic (exact) mass is 205 g/mol. The minimum atomic E-state index is 0.759. The zero-order chi connectivity index (χ0) is 10.7. The number of para-hydroxylation sites is 2. The first-order valence-electron chi connectivity index (χ1n) is 5.52. The van der Waals surface area contributed by atoms with Gasteiger partial charge in [-0.15, -0.1) is 0 Å². The molecule has 1 aliphatic rings. The van der Waals surface area contributed by atoms with E-state index in [1.165, 1.54) is 19.5 Å². The smallest absolute Gasteiger partial charge is 0.0574 e. The zero-order valence-corrected chi connectivity index (χ0v) is 9.24. The fourth-order valence-corrected chi connectivity index (χ4v) is 2.11. The van der Waals surface area contributed by atoms with Gasteiger partial charge in [-0.3, -0.25) is 0 Å². The maximum Gasteiger partial charge on any atom is 0.0574 e. The Bertz CT molecular complexity index is 324. The summed E-state index contributed by atoms with van der Waals surface area (Å²) in [6.07, 6.45) is 1.29. The minimum absolute atomic E-state index is 0.759. The topological polar surface area (TPSA) is 41.3 Å². The fraction of sp³-hybridized carbons (Fsp3) is 0.500. The predicted molar refractivity (Wildman–Crippen MR) is 64.9 cm³/mol. The first-order chi connectivity index (χ1) is 7.25. The molecule has 15 heavy (non-hydrogen) atoms. The normalized spacial score (nSPS) is 21.8. The summed E-state index contributed by atoms with van der Waals surface area (Å²) in [6, 6.07) is 7.94. The Balaban J connectivity index is 1.86. The van der Waals surface area contributed by atoms with Gasteiger partial charge in [-0.05, 0) is 38.1 Å². The van der Waals surface area contributed by atoms with Crippen LogP contribution < -0.4 is 11.1 Å². The Hall–Kier alpha value is -1.22. The molecule has 0 aliphatic carbocycles. The quantitative estimate of drug-likeness (QED) is 0.737. The van der Waals surface area contributed by atoms with E-state index in [0.29, 0.717) is 0 Å². The van der Waals surface area contributed by atoms with Crippen LogP contribution in [-0.2, 0) is 0 Å². The van der Waals surface area contributed by atoms with Crippen molar-refractivity contribution in [2.24, 2.45) is 5.92 Å². The van der Waals surface area contributed by atoms with Gasteiger partial charge in [-0.1, -0.05) is 12.1 Å². The molecule has 3 heteroatoms. The van der Waals surface area contributed by atoms with Gasteiger partial charge < -0.3 is 16.0 Å². The predicted octanol–water partition coefficient (Wildman–Crippen LogP) is 1.63. The minimum Gasteiger partial charge on any atom is -0.397 e. The number of nitrogen functional groups attached to an aromatic ring is 1.